The van der Waals surface area contributed by atoms with E-state index in [0.717, 1.165) is 17.7 Å². The Balaban J connectivity index is 2.54. The standard InChI is InChI=1S/C11H8Cl2N2O/c1-7-8(6-16)5-14-15(7)9-2-3-10(12)11(13)4-9/h2-6H,1H3. The summed E-state index contributed by atoms with van der Waals surface area (Å²) in [6.07, 6.45) is 2.29. The molecule has 0 spiro atoms. The fourth-order valence-corrected chi connectivity index (χ4v) is 1.71. The second-order valence-corrected chi connectivity index (χ2v) is 4.13. The SMILES string of the molecule is Cc1c(C=O)cnn1-c1ccc(Cl)c(Cl)c1. The van der Waals surface area contributed by atoms with Crippen LogP contribution >= 0.6 is 23.2 Å². The third-order valence-electron chi connectivity index (χ3n) is 2.32. The Labute approximate surface area is 103 Å². The van der Waals surface area contributed by atoms with E-state index in [-0.39, 0.29) is 0 Å². The molecule has 0 saturated heterocycles. The van der Waals surface area contributed by atoms with Gasteiger partial charge in [-0.25, -0.2) is 4.68 Å². The zero-order valence-corrected chi connectivity index (χ0v) is 9.96. The van der Waals surface area contributed by atoms with Crippen LogP contribution in [0.3, 0.4) is 0 Å². The molecule has 3 nitrogen and oxygen atoms in total. The van der Waals surface area contributed by atoms with Gasteiger partial charge in [-0.15, -0.1) is 0 Å². The summed E-state index contributed by atoms with van der Waals surface area (Å²) in [6, 6.07) is 5.20. The van der Waals surface area contributed by atoms with Crippen molar-refractivity contribution in [3.8, 4) is 5.69 Å². The van der Waals surface area contributed by atoms with E-state index in [1.807, 2.05) is 6.92 Å². The molecule has 0 aliphatic carbocycles. The van der Waals surface area contributed by atoms with Crippen LogP contribution in [0.25, 0.3) is 5.69 Å². The van der Waals surface area contributed by atoms with Crippen molar-refractivity contribution in [1.82, 2.24) is 9.78 Å². The van der Waals surface area contributed by atoms with E-state index in [4.69, 9.17) is 23.2 Å². The Kier molecular flexibility index (Phi) is 2.99. The van der Waals surface area contributed by atoms with Gasteiger partial charge in [0.15, 0.2) is 6.29 Å². The van der Waals surface area contributed by atoms with Crippen molar-refractivity contribution in [3.05, 3.63) is 45.7 Å². The Hall–Kier alpha value is -1.32. The van der Waals surface area contributed by atoms with Gasteiger partial charge >= 0.3 is 0 Å². The summed E-state index contributed by atoms with van der Waals surface area (Å²) in [4.78, 5) is 10.7. The first-order valence-corrected chi connectivity index (χ1v) is 5.34. The average Bonchev–Trinajstić information content (AvgIpc) is 2.64. The molecule has 0 N–H and O–H groups in total. The fraction of sp³-hybridized carbons (Fsp3) is 0.0909. The molecule has 0 saturated carbocycles. The molecule has 1 aromatic heterocycles. The van der Waals surface area contributed by atoms with Crippen LogP contribution in [0.1, 0.15) is 16.1 Å². The highest BCUT2D eigenvalue weighted by Gasteiger charge is 2.08. The number of halogens is 2. The van der Waals surface area contributed by atoms with Crippen molar-refractivity contribution in [2.24, 2.45) is 0 Å². The number of hydrogen-bond acceptors (Lipinski definition) is 2. The third-order valence-corrected chi connectivity index (χ3v) is 3.06. The van der Waals surface area contributed by atoms with Crippen LogP contribution < -0.4 is 0 Å². The Bertz CT molecular complexity index is 549. The lowest BCUT2D eigenvalue weighted by molar-refractivity contribution is 0.112. The van der Waals surface area contributed by atoms with E-state index in [0.29, 0.717) is 15.6 Å². The van der Waals surface area contributed by atoms with Crippen molar-refractivity contribution >= 4 is 29.5 Å². The maximum Gasteiger partial charge on any atom is 0.153 e. The normalized spacial score (nSPS) is 10.4. The summed E-state index contributed by atoms with van der Waals surface area (Å²) in [5, 5.41) is 5.06. The molecule has 1 aromatic carbocycles. The molecule has 2 rings (SSSR count). The van der Waals surface area contributed by atoms with E-state index in [1.54, 1.807) is 22.9 Å². The summed E-state index contributed by atoms with van der Waals surface area (Å²) in [5.41, 5.74) is 2.11. The second kappa shape index (κ2) is 4.28. The Morgan fingerprint density at radius 3 is 2.62 bits per heavy atom. The summed E-state index contributed by atoms with van der Waals surface area (Å²) < 4.78 is 1.64. The molecule has 1 heterocycles. The number of carbonyl (C=O) groups excluding carboxylic acids is 1. The lowest BCUT2D eigenvalue weighted by Crippen LogP contribution is -1.99. The molecule has 0 unspecified atom stereocenters. The van der Waals surface area contributed by atoms with Crippen LogP contribution in [0.15, 0.2) is 24.4 Å². The maximum atomic E-state index is 10.7. The van der Waals surface area contributed by atoms with Crippen LogP contribution in [0.2, 0.25) is 10.0 Å². The minimum atomic E-state index is 0.460. The zero-order chi connectivity index (χ0) is 11.7. The predicted molar refractivity (Wildman–Crippen MR) is 63.7 cm³/mol. The van der Waals surface area contributed by atoms with Crippen LogP contribution in [-0.2, 0) is 0 Å². The van der Waals surface area contributed by atoms with Crippen LogP contribution in [0.5, 0.6) is 0 Å². The van der Waals surface area contributed by atoms with Gasteiger partial charge in [0.2, 0.25) is 0 Å². The second-order valence-electron chi connectivity index (χ2n) is 3.31. The minimum absolute atomic E-state index is 0.460. The van der Waals surface area contributed by atoms with E-state index >= 15 is 0 Å². The first-order valence-electron chi connectivity index (χ1n) is 4.58. The fourth-order valence-electron chi connectivity index (χ4n) is 1.42. The molecule has 5 heteroatoms. The van der Waals surface area contributed by atoms with E-state index in [1.165, 1.54) is 6.20 Å². The summed E-state index contributed by atoms with van der Waals surface area (Å²) in [5.74, 6) is 0. The van der Waals surface area contributed by atoms with Gasteiger partial charge in [-0.3, -0.25) is 4.79 Å². The summed E-state index contributed by atoms with van der Waals surface area (Å²) in [6.45, 7) is 1.82. The minimum Gasteiger partial charge on any atom is -0.298 e. The molecule has 0 bridgehead atoms. The molecule has 0 aliphatic heterocycles. The number of aromatic nitrogens is 2. The van der Waals surface area contributed by atoms with Crippen LogP contribution in [-0.4, -0.2) is 16.1 Å². The van der Waals surface area contributed by atoms with Crippen molar-refractivity contribution in [2.45, 2.75) is 6.92 Å². The van der Waals surface area contributed by atoms with Gasteiger partial charge in [-0.2, -0.15) is 5.10 Å². The monoisotopic (exact) mass is 254 g/mol. The van der Waals surface area contributed by atoms with Gasteiger partial charge in [-0.05, 0) is 25.1 Å². The average molecular weight is 255 g/mol. The molecule has 82 valence electrons. The predicted octanol–water partition coefficient (Wildman–Crippen LogP) is 3.30. The smallest absolute Gasteiger partial charge is 0.153 e. The van der Waals surface area contributed by atoms with Gasteiger partial charge in [0.25, 0.3) is 0 Å². The number of rotatable bonds is 2. The van der Waals surface area contributed by atoms with Gasteiger partial charge in [0.1, 0.15) is 0 Å². The molecule has 2 aromatic rings. The van der Waals surface area contributed by atoms with Crippen molar-refractivity contribution in [1.29, 1.82) is 0 Å². The zero-order valence-electron chi connectivity index (χ0n) is 8.45. The van der Waals surface area contributed by atoms with Crippen LogP contribution in [0, 0.1) is 6.92 Å². The molecule has 0 atom stereocenters. The number of carbonyl (C=O) groups is 1. The first-order chi connectivity index (χ1) is 7.63. The highest BCUT2D eigenvalue weighted by atomic mass is 35.5. The van der Waals surface area contributed by atoms with Crippen molar-refractivity contribution < 1.29 is 4.79 Å². The lowest BCUT2D eigenvalue weighted by Gasteiger charge is -2.05. The van der Waals surface area contributed by atoms with Gasteiger partial charge in [0.05, 0.1) is 33.2 Å². The van der Waals surface area contributed by atoms with Crippen molar-refractivity contribution in [2.75, 3.05) is 0 Å². The first kappa shape index (κ1) is 11.2. The number of hydrogen-bond donors (Lipinski definition) is 0. The highest BCUT2D eigenvalue weighted by molar-refractivity contribution is 6.42. The summed E-state index contributed by atoms with van der Waals surface area (Å²) >= 11 is 11.7. The van der Waals surface area contributed by atoms with Crippen LogP contribution in [0.4, 0.5) is 0 Å². The lowest BCUT2D eigenvalue weighted by atomic mass is 10.2. The van der Waals surface area contributed by atoms with Gasteiger partial charge in [0, 0.05) is 0 Å². The Morgan fingerprint density at radius 1 is 1.31 bits per heavy atom. The number of aldehydes is 1. The van der Waals surface area contributed by atoms with E-state index in [2.05, 4.69) is 5.10 Å². The molecule has 0 amide bonds. The third kappa shape index (κ3) is 1.84. The molecule has 0 radical (unpaired) electrons. The molecule has 16 heavy (non-hydrogen) atoms. The number of nitrogens with zero attached hydrogens (tertiary/aromatic N) is 2. The Morgan fingerprint density at radius 2 is 2.06 bits per heavy atom. The van der Waals surface area contributed by atoms with E-state index in [9.17, 15) is 4.79 Å². The van der Waals surface area contributed by atoms with Gasteiger partial charge in [-0.1, -0.05) is 23.2 Å². The molecular formula is C11H8Cl2N2O. The van der Waals surface area contributed by atoms with Crippen molar-refractivity contribution in [3.63, 3.8) is 0 Å². The number of benzene rings is 1. The topological polar surface area (TPSA) is 34.9 Å². The highest BCUT2D eigenvalue weighted by Crippen LogP contribution is 2.25. The largest absolute Gasteiger partial charge is 0.298 e. The summed E-state index contributed by atoms with van der Waals surface area (Å²) in [7, 11) is 0. The maximum absolute atomic E-state index is 10.7. The van der Waals surface area contributed by atoms with Gasteiger partial charge < -0.3 is 0 Å². The molecule has 0 aliphatic rings. The van der Waals surface area contributed by atoms with E-state index < -0.39 is 0 Å². The quantitative estimate of drug-likeness (QED) is 0.771. The molecule has 0 fully saturated rings. The molecular weight excluding hydrogens is 247 g/mol.